The molecule has 1 aliphatic carbocycles. The van der Waals surface area contributed by atoms with E-state index in [1.807, 2.05) is 48.9 Å². The molecule has 3 aromatic heterocycles. The zero-order chi connectivity index (χ0) is 22.2. The zero-order valence-electron chi connectivity index (χ0n) is 18.7. The van der Waals surface area contributed by atoms with Gasteiger partial charge in [0.05, 0.1) is 18.8 Å². The fourth-order valence-corrected chi connectivity index (χ4v) is 4.69. The van der Waals surface area contributed by atoms with E-state index >= 15 is 0 Å². The summed E-state index contributed by atoms with van der Waals surface area (Å²) in [6.45, 7) is 3.75. The zero-order valence-corrected chi connectivity index (χ0v) is 18.7. The summed E-state index contributed by atoms with van der Waals surface area (Å²) in [4.78, 5) is 21.6. The number of rotatable bonds is 5. The minimum Gasteiger partial charge on any atom is -0.496 e. The highest BCUT2D eigenvalue weighted by atomic mass is 16.5. The first-order valence-corrected chi connectivity index (χ1v) is 11.5. The normalized spacial score (nSPS) is 16.2. The number of benzene rings is 1. The van der Waals surface area contributed by atoms with E-state index in [0.29, 0.717) is 11.7 Å². The number of hydrogen-bond acceptors (Lipinski definition) is 7. The van der Waals surface area contributed by atoms with Gasteiger partial charge in [0.2, 0.25) is 0 Å². The molecule has 0 unspecified atom stereocenters. The molecule has 2 fully saturated rings. The van der Waals surface area contributed by atoms with Crippen LogP contribution in [0.2, 0.25) is 0 Å². The quantitative estimate of drug-likeness (QED) is 0.504. The van der Waals surface area contributed by atoms with E-state index in [1.54, 1.807) is 13.3 Å². The second-order valence-corrected chi connectivity index (χ2v) is 8.63. The topological polar surface area (TPSA) is 76.1 Å². The van der Waals surface area contributed by atoms with Crippen LogP contribution in [0.3, 0.4) is 0 Å². The lowest BCUT2D eigenvalue weighted by molar-refractivity contribution is 0.416. The van der Waals surface area contributed by atoms with Crippen LogP contribution in [0.5, 0.6) is 5.75 Å². The van der Waals surface area contributed by atoms with Crippen molar-refractivity contribution in [1.29, 1.82) is 0 Å². The van der Waals surface area contributed by atoms with Gasteiger partial charge in [-0.3, -0.25) is 9.97 Å². The average molecular weight is 439 g/mol. The lowest BCUT2D eigenvalue weighted by atomic mass is 10.00. The Morgan fingerprint density at radius 1 is 0.909 bits per heavy atom. The summed E-state index contributed by atoms with van der Waals surface area (Å²) < 4.78 is 5.64. The van der Waals surface area contributed by atoms with Gasteiger partial charge in [-0.1, -0.05) is 18.2 Å². The van der Waals surface area contributed by atoms with Gasteiger partial charge < -0.3 is 15.0 Å². The molecule has 0 radical (unpaired) electrons. The van der Waals surface area contributed by atoms with Crippen LogP contribution in [-0.2, 0) is 0 Å². The molecule has 7 heteroatoms. The highest BCUT2D eigenvalue weighted by Crippen LogP contribution is 2.45. The lowest BCUT2D eigenvalue weighted by Gasteiger charge is -2.30. The number of ether oxygens (including phenoxy) is 1. The summed E-state index contributed by atoms with van der Waals surface area (Å²) in [5.41, 5.74) is 5.05. The van der Waals surface area contributed by atoms with Crippen molar-refractivity contribution in [2.45, 2.75) is 18.8 Å². The molecule has 0 atom stereocenters. The number of methoxy groups -OCH3 is 1. The number of pyridine rings is 2. The van der Waals surface area contributed by atoms with Crippen molar-refractivity contribution in [3.63, 3.8) is 0 Å². The van der Waals surface area contributed by atoms with Gasteiger partial charge in [0.25, 0.3) is 0 Å². The molecule has 4 heterocycles. The molecule has 0 spiro atoms. The number of nitrogens with one attached hydrogen (secondary N) is 1. The first-order valence-electron chi connectivity index (χ1n) is 11.5. The van der Waals surface area contributed by atoms with Gasteiger partial charge in [-0.2, -0.15) is 0 Å². The van der Waals surface area contributed by atoms with Gasteiger partial charge in [-0.25, -0.2) is 9.97 Å². The Balaban J connectivity index is 1.58. The first kappa shape index (κ1) is 20.1. The minimum absolute atomic E-state index is 0.572. The molecular formula is C26H26N6O. The van der Waals surface area contributed by atoms with Crippen LogP contribution in [0.1, 0.15) is 24.3 Å². The highest BCUT2D eigenvalue weighted by molar-refractivity contribution is 5.95. The van der Waals surface area contributed by atoms with Crippen LogP contribution in [0.15, 0.2) is 55.1 Å². The number of aromatic nitrogens is 4. The maximum atomic E-state index is 5.64. The molecule has 4 aromatic rings. The van der Waals surface area contributed by atoms with Crippen molar-refractivity contribution in [3.05, 3.63) is 60.7 Å². The fourth-order valence-electron chi connectivity index (χ4n) is 4.69. The maximum absolute atomic E-state index is 5.64. The second kappa shape index (κ2) is 8.41. The Bertz CT molecular complexity index is 1310. The molecule has 0 amide bonds. The summed E-state index contributed by atoms with van der Waals surface area (Å²) in [5.74, 6) is 3.08. The third-order valence-electron chi connectivity index (χ3n) is 6.51. The van der Waals surface area contributed by atoms with Crippen molar-refractivity contribution < 1.29 is 4.74 Å². The van der Waals surface area contributed by atoms with Gasteiger partial charge in [0.1, 0.15) is 11.6 Å². The van der Waals surface area contributed by atoms with E-state index in [2.05, 4.69) is 20.2 Å². The molecule has 1 saturated heterocycles. The van der Waals surface area contributed by atoms with Crippen LogP contribution >= 0.6 is 0 Å². The van der Waals surface area contributed by atoms with E-state index in [0.717, 1.165) is 65.3 Å². The van der Waals surface area contributed by atoms with E-state index in [1.165, 1.54) is 18.4 Å². The standard InChI is InChI=1S/C26H26N6O/c1-33-23-5-3-2-4-18(23)21-15-28-9-8-19(21)25-30-22-16-29-14-20(17-6-7-17)24(22)26(31-25)32-12-10-27-11-13-32/h2-5,8-9,14-17,27H,6-7,10-13H2,1H3. The molecule has 1 N–H and O–H groups in total. The Morgan fingerprint density at radius 2 is 1.76 bits per heavy atom. The van der Waals surface area contributed by atoms with Crippen LogP contribution in [0.25, 0.3) is 33.4 Å². The molecule has 2 aliphatic rings. The minimum atomic E-state index is 0.572. The van der Waals surface area contributed by atoms with Gasteiger partial charge >= 0.3 is 0 Å². The SMILES string of the molecule is COc1ccccc1-c1cnccc1-c1nc(N2CCNCC2)c2c(C3CC3)cncc2n1. The fraction of sp³-hybridized carbons (Fsp3) is 0.308. The Labute approximate surface area is 192 Å². The van der Waals surface area contributed by atoms with Crippen LogP contribution < -0.4 is 15.0 Å². The monoisotopic (exact) mass is 438 g/mol. The maximum Gasteiger partial charge on any atom is 0.162 e. The molecule has 7 nitrogen and oxygen atoms in total. The summed E-state index contributed by atoms with van der Waals surface area (Å²) in [5, 5.41) is 4.61. The third kappa shape index (κ3) is 3.68. The summed E-state index contributed by atoms with van der Waals surface area (Å²) in [7, 11) is 1.69. The Kier molecular flexibility index (Phi) is 5.11. The molecular weight excluding hydrogens is 412 g/mol. The number of fused-ring (bicyclic) bond motifs is 1. The van der Waals surface area contributed by atoms with E-state index in [-0.39, 0.29) is 0 Å². The Hall–Kier alpha value is -3.58. The largest absolute Gasteiger partial charge is 0.496 e. The number of hydrogen-bond donors (Lipinski definition) is 1. The lowest BCUT2D eigenvalue weighted by Crippen LogP contribution is -2.44. The van der Waals surface area contributed by atoms with Gasteiger partial charge in [-0.05, 0) is 36.5 Å². The number of para-hydroxylation sites is 1. The summed E-state index contributed by atoms with van der Waals surface area (Å²) in [6.07, 6.45) is 9.98. The van der Waals surface area contributed by atoms with E-state index < -0.39 is 0 Å². The van der Waals surface area contributed by atoms with E-state index in [4.69, 9.17) is 14.7 Å². The highest BCUT2D eigenvalue weighted by Gasteiger charge is 2.29. The van der Waals surface area contributed by atoms with Crippen molar-refractivity contribution in [3.8, 4) is 28.3 Å². The number of anilines is 1. The van der Waals surface area contributed by atoms with Crippen LogP contribution in [0, 0.1) is 0 Å². The first-order chi connectivity index (χ1) is 16.3. The van der Waals surface area contributed by atoms with Crippen LogP contribution in [0.4, 0.5) is 5.82 Å². The van der Waals surface area contributed by atoms with Gasteiger partial charge in [-0.15, -0.1) is 0 Å². The average Bonchev–Trinajstić information content (AvgIpc) is 3.74. The smallest absolute Gasteiger partial charge is 0.162 e. The van der Waals surface area contributed by atoms with Gasteiger partial charge in [0.15, 0.2) is 5.82 Å². The molecule has 1 aliphatic heterocycles. The van der Waals surface area contributed by atoms with Crippen molar-refractivity contribution in [2.75, 3.05) is 38.2 Å². The summed E-state index contributed by atoms with van der Waals surface area (Å²) in [6, 6.07) is 9.98. The molecule has 6 rings (SSSR count). The number of piperazine rings is 1. The van der Waals surface area contributed by atoms with Crippen molar-refractivity contribution >= 4 is 16.7 Å². The van der Waals surface area contributed by atoms with Crippen molar-refractivity contribution in [2.24, 2.45) is 0 Å². The van der Waals surface area contributed by atoms with Crippen molar-refractivity contribution in [1.82, 2.24) is 25.3 Å². The molecule has 0 bridgehead atoms. The molecule has 166 valence electrons. The van der Waals surface area contributed by atoms with E-state index in [9.17, 15) is 0 Å². The molecule has 33 heavy (non-hydrogen) atoms. The molecule has 1 aromatic carbocycles. The predicted molar refractivity (Wildman–Crippen MR) is 130 cm³/mol. The third-order valence-corrected chi connectivity index (χ3v) is 6.51. The summed E-state index contributed by atoms with van der Waals surface area (Å²) >= 11 is 0. The molecule has 1 saturated carbocycles. The Morgan fingerprint density at radius 3 is 2.58 bits per heavy atom. The van der Waals surface area contributed by atoms with Gasteiger partial charge in [0, 0.05) is 66.8 Å². The predicted octanol–water partition coefficient (Wildman–Crippen LogP) is 4.05. The number of nitrogens with zero attached hydrogens (tertiary/aromatic N) is 5. The van der Waals surface area contributed by atoms with Crippen LogP contribution in [-0.4, -0.2) is 53.2 Å². The second-order valence-electron chi connectivity index (χ2n) is 8.63.